The Morgan fingerprint density at radius 1 is 1.10 bits per heavy atom. The van der Waals surface area contributed by atoms with Gasteiger partial charge >= 0.3 is 0 Å². The Labute approximate surface area is 125 Å². The molecule has 1 N–H and O–H groups in total. The number of anilines is 1. The van der Waals surface area contributed by atoms with E-state index in [-0.39, 0.29) is 6.61 Å². The molecule has 2 heterocycles. The molecule has 21 heavy (non-hydrogen) atoms. The van der Waals surface area contributed by atoms with Crippen molar-refractivity contribution in [1.29, 1.82) is 0 Å². The molecule has 0 bridgehead atoms. The van der Waals surface area contributed by atoms with Crippen LogP contribution in [0.25, 0.3) is 10.8 Å². The van der Waals surface area contributed by atoms with Gasteiger partial charge < -0.3 is 10.0 Å². The van der Waals surface area contributed by atoms with E-state index in [9.17, 15) is 5.11 Å². The van der Waals surface area contributed by atoms with Crippen molar-refractivity contribution in [3.63, 3.8) is 0 Å². The van der Waals surface area contributed by atoms with Gasteiger partial charge in [-0.2, -0.15) is 0 Å². The molecule has 1 aromatic heterocycles. The highest BCUT2D eigenvalue weighted by Crippen LogP contribution is 2.40. The molecule has 2 aromatic rings. The first-order chi connectivity index (χ1) is 10.4. The second kappa shape index (κ2) is 5.30. The number of fused-ring (bicyclic) bond motifs is 2. The maximum Gasteiger partial charge on any atom is 0.136 e. The third kappa shape index (κ3) is 2.11. The summed E-state index contributed by atoms with van der Waals surface area (Å²) in [5, 5.41) is 11.9. The van der Waals surface area contributed by atoms with Crippen LogP contribution in [0.2, 0.25) is 0 Å². The summed E-state index contributed by atoms with van der Waals surface area (Å²) in [6.45, 7) is 1.18. The van der Waals surface area contributed by atoms with E-state index in [1.807, 2.05) is 12.3 Å². The third-order valence-corrected chi connectivity index (χ3v) is 5.29. The first-order valence-corrected chi connectivity index (χ1v) is 8.12. The zero-order chi connectivity index (χ0) is 14.2. The minimum atomic E-state index is 0.0554. The van der Waals surface area contributed by atoms with Crippen LogP contribution in [-0.2, 0) is 6.61 Å². The summed E-state index contributed by atoms with van der Waals surface area (Å²) >= 11 is 0. The summed E-state index contributed by atoms with van der Waals surface area (Å²) in [4.78, 5) is 7.27. The maximum absolute atomic E-state index is 9.53. The lowest BCUT2D eigenvalue weighted by molar-refractivity contribution is 0.283. The highest BCUT2D eigenvalue weighted by molar-refractivity contribution is 5.94. The predicted molar refractivity (Wildman–Crippen MR) is 85.4 cm³/mol. The van der Waals surface area contributed by atoms with Gasteiger partial charge in [0.05, 0.1) is 6.61 Å². The smallest absolute Gasteiger partial charge is 0.136 e. The fraction of sp³-hybridized carbons (Fsp3) is 0.500. The van der Waals surface area contributed by atoms with Gasteiger partial charge in [0.2, 0.25) is 0 Å². The van der Waals surface area contributed by atoms with Crippen LogP contribution in [0, 0.1) is 5.92 Å². The van der Waals surface area contributed by atoms with Crippen LogP contribution < -0.4 is 4.90 Å². The summed E-state index contributed by atoms with van der Waals surface area (Å²) in [7, 11) is 0. The molecule has 1 aromatic carbocycles. The fourth-order valence-corrected chi connectivity index (χ4v) is 4.31. The van der Waals surface area contributed by atoms with E-state index in [0.717, 1.165) is 29.2 Å². The van der Waals surface area contributed by atoms with E-state index in [4.69, 9.17) is 4.98 Å². The van der Waals surface area contributed by atoms with E-state index in [0.29, 0.717) is 6.04 Å². The van der Waals surface area contributed by atoms with Crippen LogP contribution in [0.3, 0.4) is 0 Å². The van der Waals surface area contributed by atoms with Crippen molar-refractivity contribution < 1.29 is 5.11 Å². The van der Waals surface area contributed by atoms with Gasteiger partial charge in [-0.1, -0.05) is 30.7 Å². The molecule has 1 aliphatic carbocycles. The number of rotatable bonds is 2. The lowest BCUT2D eigenvalue weighted by Crippen LogP contribution is -2.43. The molecule has 0 spiro atoms. The number of piperidine rings is 1. The van der Waals surface area contributed by atoms with Crippen molar-refractivity contribution >= 4 is 16.6 Å². The van der Waals surface area contributed by atoms with Crippen molar-refractivity contribution in [3.05, 3.63) is 36.0 Å². The number of aromatic nitrogens is 1. The van der Waals surface area contributed by atoms with Gasteiger partial charge in [-0.05, 0) is 37.0 Å². The van der Waals surface area contributed by atoms with Gasteiger partial charge in [0.15, 0.2) is 0 Å². The van der Waals surface area contributed by atoms with E-state index < -0.39 is 0 Å². The second-order valence-corrected chi connectivity index (χ2v) is 6.40. The standard InChI is InChI=1S/C18H22N2O/c21-12-14-11-19-18(16-8-2-1-7-15(14)16)20-10-4-6-13-5-3-9-17(13)20/h1-2,7-8,11,13,17,21H,3-6,9-10,12H2. The molecule has 3 heteroatoms. The molecule has 2 unspecified atom stereocenters. The molecule has 1 aliphatic heterocycles. The average molecular weight is 282 g/mol. The summed E-state index contributed by atoms with van der Waals surface area (Å²) in [6, 6.07) is 9.04. The monoisotopic (exact) mass is 282 g/mol. The second-order valence-electron chi connectivity index (χ2n) is 6.40. The van der Waals surface area contributed by atoms with Gasteiger partial charge in [-0.25, -0.2) is 4.98 Å². The Hall–Kier alpha value is -1.61. The Kier molecular flexibility index (Phi) is 3.30. The summed E-state index contributed by atoms with van der Waals surface area (Å²) in [5.74, 6) is 1.98. The van der Waals surface area contributed by atoms with E-state index in [1.165, 1.54) is 37.5 Å². The molecule has 0 amide bonds. The van der Waals surface area contributed by atoms with Gasteiger partial charge in [0.25, 0.3) is 0 Å². The van der Waals surface area contributed by atoms with Crippen molar-refractivity contribution in [3.8, 4) is 0 Å². The Morgan fingerprint density at radius 2 is 1.90 bits per heavy atom. The zero-order valence-electron chi connectivity index (χ0n) is 12.3. The number of aliphatic hydroxyl groups excluding tert-OH is 1. The largest absolute Gasteiger partial charge is 0.392 e. The van der Waals surface area contributed by atoms with Crippen molar-refractivity contribution in [2.45, 2.75) is 44.8 Å². The molecule has 2 fully saturated rings. The quantitative estimate of drug-likeness (QED) is 0.916. The van der Waals surface area contributed by atoms with Crippen LogP contribution >= 0.6 is 0 Å². The Morgan fingerprint density at radius 3 is 2.76 bits per heavy atom. The van der Waals surface area contributed by atoms with Crippen LogP contribution in [0.4, 0.5) is 5.82 Å². The highest BCUT2D eigenvalue weighted by Gasteiger charge is 2.36. The molecular weight excluding hydrogens is 260 g/mol. The normalized spacial score (nSPS) is 25.3. The van der Waals surface area contributed by atoms with Gasteiger partial charge in [0, 0.05) is 29.7 Å². The topological polar surface area (TPSA) is 36.4 Å². The number of benzene rings is 1. The number of hydrogen-bond acceptors (Lipinski definition) is 3. The molecule has 0 radical (unpaired) electrons. The van der Waals surface area contributed by atoms with Crippen LogP contribution in [-0.4, -0.2) is 22.7 Å². The molecule has 3 nitrogen and oxygen atoms in total. The lowest BCUT2D eigenvalue weighted by Gasteiger charge is -2.39. The van der Waals surface area contributed by atoms with Crippen molar-refractivity contribution in [2.24, 2.45) is 5.92 Å². The minimum Gasteiger partial charge on any atom is -0.392 e. The number of hydrogen-bond donors (Lipinski definition) is 1. The van der Waals surface area contributed by atoms with Crippen molar-refractivity contribution in [2.75, 3.05) is 11.4 Å². The van der Waals surface area contributed by atoms with Gasteiger partial charge in [-0.3, -0.25) is 0 Å². The Bertz CT molecular complexity index is 655. The average Bonchev–Trinajstić information content (AvgIpc) is 3.02. The molecular formula is C18H22N2O. The Balaban J connectivity index is 1.83. The molecule has 2 aliphatic rings. The van der Waals surface area contributed by atoms with Crippen LogP contribution in [0.5, 0.6) is 0 Å². The van der Waals surface area contributed by atoms with Crippen LogP contribution in [0.15, 0.2) is 30.5 Å². The fourth-order valence-electron chi connectivity index (χ4n) is 4.31. The lowest BCUT2D eigenvalue weighted by atomic mass is 9.91. The van der Waals surface area contributed by atoms with E-state index >= 15 is 0 Å². The number of aliphatic hydroxyl groups is 1. The summed E-state index contributed by atoms with van der Waals surface area (Å²) in [6.07, 6.45) is 8.57. The first kappa shape index (κ1) is 13.1. The van der Waals surface area contributed by atoms with Crippen molar-refractivity contribution in [1.82, 2.24) is 4.98 Å². The highest BCUT2D eigenvalue weighted by atomic mass is 16.3. The minimum absolute atomic E-state index is 0.0554. The summed E-state index contributed by atoms with van der Waals surface area (Å²) < 4.78 is 0. The third-order valence-electron chi connectivity index (χ3n) is 5.29. The molecule has 4 rings (SSSR count). The summed E-state index contributed by atoms with van der Waals surface area (Å²) in [5.41, 5.74) is 0.925. The maximum atomic E-state index is 9.53. The SMILES string of the molecule is OCc1cnc(N2CCCC3CCCC32)c2ccccc12. The van der Waals surface area contributed by atoms with Gasteiger partial charge in [-0.15, -0.1) is 0 Å². The molecule has 1 saturated carbocycles. The molecule has 2 atom stereocenters. The number of pyridine rings is 1. The zero-order valence-corrected chi connectivity index (χ0v) is 12.3. The van der Waals surface area contributed by atoms with Crippen LogP contribution in [0.1, 0.15) is 37.7 Å². The first-order valence-electron chi connectivity index (χ1n) is 8.12. The van der Waals surface area contributed by atoms with Gasteiger partial charge in [0.1, 0.15) is 5.82 Å². The molecule has 1 saturated heterocycles. The number of nitrogens with zero attached hydrogens (tertiary/aromatic N) is 2. The predicted octanol–water partition coefficient (Wildman–Crippen LogP) is 3.50. The molecule has 110 valence electrons. The van der Waals surface area contributed by atoms with E-state index in [1.54, 1.807) is 0 Å². The van der Waals surface area contributed by atoms with E-state index in [2.05, 4.69) is 23.1 Å².